The topological polar surface area (TPSA) is 69.3 Å². The lowest BCUT2D eigenvalue weighted by Crippen LogP contribution is -2.57. The second-order valence-electron chi connectivity index (χ2n) is 5.96. The van der Waals surface area contributed by atoms with Crippen LogP contribution in [0.15, 0.2) is 12.3 Å². The molecule has 1 N–H and O–H groups in total. The first kappa shape index (κ1) is 14.1. The van der Waals surface area contributed by atoms with E-state index in [1.807, 2.05) is 9.80 Å². The maximum atomic E-state index is 12.4. The number of piperidine rings is 2. The molecule has 1 aromatic heterocycles. The van der Waals surface area contributed by atoms with Crippen LogP contribution in [-0.2, 0) is 4.79 Å². The van der Waals surface area contributed by atoms with Gasteiger partial charge in [0, 0.05) is 38.3 Å². The van der Waals surface area contributed by atoms with Crippen LogP contribution in [0.4, 0.5) is 0 Å². The maximum absolute atomic E-state index is 12.4. The first-order chi connectivity index (χ1) is 10.2. The van der Waals surface area contributed by atoms with Crippen molar-refractivity contribution in [2.45, 2.75) is 38.6 Å². The minimum absolute atomic E-state index is 0.0184. The van der Waals surface area contributed by atoms with E-state index in [1.54, 1.807) is 12.3 Å². The largest absolute Gasteiger partial charge is 0.339 e. The van der Waals surface area contributed by atoms with Gasteiger partial charge >= 0.3 is 0 Å². The van der Waals surface area contributed by atoms with Crippen LogP contribution in [0.1, 0.15) is 43.1 Å². The highest BCUT2D eigenvalue weighted by atomic mass is 16.2. The molecule has 0 aliphatic carbocycles. The Morgan fingerprint density at radius 2 is 2.33 bits per heavy atom. The molecule has 2 atom stereocenters. The summed E-state index contributed by atoms with van der Waals surface area (Å²) in [7, 11) is 0. The first-order valence-electron chi connectivity index (χ1n) is 7.78. The molecule has 0 unspecified atom stereocenters. The van der Waals surface area contributed by atoms with Crippen molar-refractivity contribution >= 4 is 11.8 Å². The number of carbonyl (C=O) groups is 2. The van der Waals surface area contributed by atoms with Gasteiger partial charge in [-0.2, -0.15) is 5.10 Å². The molecule has 2 fully saturated rings. The molecule has 21 heavy (non-hydrogen) atoms. The zero-order chi connectivity index (χ0) is 14.8. The van der Waals surface area contributed by atoms with Gasteiger partial charge in [0.2, 0.25) is 5.91 Å². The number of hydrogen-bond acceptors (Lipinski definition) is 3. The maximum Gasteiger partial charge on any atom is 0.271 e. The second-order valence-corrected chi connectivity index (χ2v) is 5.96. The van der Waals surface area contributed by atoms with E-state index in [0.29, 0.717) is 30.6 Å². The van der Waals surface area contributed by atoms with Crippen molar-refractivity contribution in [3.8, 4) is 0 Å². The Balaban J connectivity index is 1.69. The summed E-state index contributed by atoms with van der Waals surface area (Å²) in [4.78, 5) is 28.4. The summed E-state index contributed by atoms with van der Waals surface area (Å²) in [6.07, 6.45) is 4.99. The first-order valence-corrected chi connectivity index (χ1v) is 7.78. The highest BCUT2D eigenvalue weighted by Gasteiger charge is 2.40. The summed E-state index contributed by atoms with van der Waals surface area (Å²) in [6.45, 7) is 4.41. The molecule has 2 aliphatic rings. The van der Waals surface area contributed by atoms with E-state index in [9.17, 15) is 9.59 Å². The third-order valence-electron chi connectivity index (χ3n) is 4.63. The van der Waals surface area contributed by atoms with Crippen molar-refractivity contribution in [1.29, 1.82) is 0 Å². The predicted molar refractivity (Wildman–Crippen MR) is 77.6 cm³/mol. The lowest BCUT2D eigenvalue weighted by atomic mass is 9.83. The van der Waals surface area contributed by atoms with Gasteiger partial charge < -0.3 is 9.80 Å². The zero-order valence-electron chi connectivity index (χ0n) is 12.4. The second kappa shape index (κ2) is 5.87. The van der Waals surface area contributed by atoms with E-state index in [-0.39, 0.29) is 11.8 Å². The molecule has 0 spiro atoms. The molecular weight excluding hydrogens is 268 g/mol. The van der Waals surface area contributed by atoms with E-state index < -0.39 is 0 Å². The Bertz CT molecular complexity index is 514. The summed E-state index contributed by atoms with van der Waals surface area (Å²) in [5.41, 5.74) is 0.547. The highest BCUT2D eigenvalue weighted by molar-refractivity contribution is 5.92. The van der Waals surface area contributed by atoms with Crippen LogP contribution >= 0.6 is 0 Å². The van der Waals surface area contributed by atoms with Crippen molar-refractivity contribution in [1.82, 2.24) is 20.0 Å². The van der Waals surface area contributed by atoms with Crippen LogP contribution in [0.2, 0.25) is 0 Å². The van der Waals surface area contributed by atoms with Crippen LogP contribution in [0.25, 0.3) is 0 Å². The highest BCUT2D eigenvalue weighted by Crippen LogP contribution is 2.31. The molecule has 2 amide bonds. The number of aromatic amines is 1. The van der Waals surface area contributed by atoms with Gasteiger partial charge in [0.05, 0.1) is 0 Å². The van der Waals surface area contributed by atoms with E-state index in [4.69, 9.17) is 0 Å². The van der Waals surface area contributed by atoms with Gasteiger partial charge in [-0.25, -0.2) is 0 Å². The Labute approximate surface area is 124 Å². The van der Waals surface area contributed by atoms with E-state index >= 15 is 0 Å². The van der Waals surface area contributed by atoms with Gasteiger partial charge in [-0.05, 0) is 31.2 Å². The fraction of sp³-hybridized carbons (Fsp3) is 0.667. The summed E-state index contributed by atoms with van der Waals surface area (Å²) < 4.78 is 0. The van der Waals surface area contributed by atoms with Crippen molar-refractivity contribution in [2.75, 3.05) is 19.6 Å². The monoisotopic (exact) mass is 290 g/mol. The van der Waals surface area contributed by atoms with Gasteiger partial charge in [0.15, 0.2) is 0 Å². The minimum Gasteiger partial charge on any atom is -0.339 e. The van der Waals surface area contributed by atoms with Gasteiger partial charge in [0.25, 0.3) is 5.91 Å². The summed E-state index contributed by atoms with van der Waals surface area (Å²) in [5.74, 6) is 0.714. The Morgan fingerprint density at radius 3 is 3.05 bits per heavy atom. The van der Waals surface area contributed by atoms with Crippen molar-refractivity contribution in [3.05, 3.63) is 18.0 Å². The van der Waals surface area contributed by atoms with Crippen LogP contribution < -0.4 is 0 Å². The van der Waals surface area contributed by atoms with E-state index in [0.717, 1.165) is 32.4 Å². The number of likely N-dealkylation sites (tertiary alicyclic amines) is 2. The number of hydrogen-bond donors (Lipinski definition) is 1. The molecule has 0 bridgehead atoms. The smallest absolute Gasteiger partial charge is 0.271 e. The number of aromatic nitrogens is 2. The molecular formula is C15H22N4O2. The molecule has 114 valence electrons. The number of fused-ring (bicyclic) bond motifs is 1. The lowest BCUT2D eigenvalue weighted by molar-refractivity contribution is -0.140. The third kappa shape index (κ3) is 2.66. The normalized spacial score (nSPS) is 25.9. The Hall–Kier alpha value is -1.85. The fourth-order valence-corrected chi connectivity index (χ4v) is 3.61. The standard InChI is InChI=1S/C15H22N4O2/c1-2-8-19-13-6-9-18(10-11(13)3-4-14(19)20)15(21)12-5-7-16-17-12/h5,7,11,13H,2-4,6,8-10H2,1H3,(H,16,17)/t11-,13+/m0/s1. The van der Waals surface area contributed by atoms with Gasteiger partial charge in [0.1, 0.15) is 5.69 Å². The fourth-order valence-electron chi connectivity index (χ4n) is 3.61. The molecule has 0 radical (unpaired) electrons. The summed E-state index contributed by atoms with van der Waals surface area (Å²) in [5, 5.41) is 6.58. The number of nitrogens with zero attached hydrogens (tertiary/aromatic N) is 3. The van der Waals surface area contributed by atoms with Gasteiger partial charge in [-0.1, -0.05) is 6.92 Å². The predicted octanol–water partition coefficient (Wildman–Crippen LogP) is 1.27. The van der Waals surface area contributed by atoms with Crippen LogP contribution in [-0.4, -0.2) is 57.5 Å². The SMILES string of the molecule is CCCN1C(=O)CC[C@H]2CN(C(=O)c3ccn[nH]3)CC[C@H]21. The zero-order valence-corrected chi connectivity index (χ0v) is 12.4. The van der Waals surface area contributed by atoms with Gasteiger partial charge in [-0.3, -0.25) is 14.7 Å². The van der Waals surface area contributed by atoms with Gasteiger partial charge in [-0.15, -0.1) is 0 Å². The number of H-pyrrole nitrogens is 1. The average molecular weight is 290 g/mol. The quantitative estimate of drug-likeness (QED) is 0.911. The van der Waals surface area contributed by atoms with Crippen molar-refractivity contribution in [3.63, 3.8) is 0 Å². The molecule has 6 heteroatoms. The van der Waals surface area contributed by atoms with Crippen LogP contribution in [0.5, 0.6) is 0 Å². The minimum atomic E-state index is 0.0184. The molecule has 3 heterocycles. The molecule has 0 aromatic carbocycles. The molecule has 3 rings (SSSR count). The Kier molecular flexibility index (Phi) is 3.94. The Morgan fingerprint density at radius 1 is 1.48 bits per heavy atom. The van der Waals surface area contributed by atoms with E-state index in [2.05, 4.69) is 17.1 Å². The van der Waals surface area contributed by atoms with Crippen molar-refractivity contribution < 1.29 is 9.59 Å². The number of amides is 2. The van der Waals surface area contributed by atoms with Crippen LogP contribution in [0.3, 0.4) is 0 Å². The molecule has 2 saturated heterocycles. The summed E-state index contributed by atoms with van der Waals surface area (Å²) in [6, 6.07) is 2.03. The average Bonchev–Trinajstić information content (AvgIpc) is 3.03. The van der Waals surface area contributed by atoms with E-state index in [1.165, 1.54) is 0 Å². The lowest BCUT2D eigenvalue weighted by Gasteiger charge is -2.47. The number of carbonyl (C=O) groups excluding carboxylic acids is 2. The number of nitrogens with one attached hydrogen (secondary N) is 1. The molecule has 1 aromatic rings. The number of rotatable bonds is 3. The molecule has 2 aliphatic heterocycles. The van der Waals surface area contributed by atoms with Crippen molar-refractivity contribution in [2.24, 2.45) is 5.92 Å². The van der Waals surface area contributed by atoms with Crippen LogP contribution in [0, 0.1) is 5.92 Å². The summed E-state index contributed by atoms with van der Waals surface area (Å²) >= 11 is 0. The molecule has 0 saturated carbocycles. The third-order valence-corrected chi connectivity index (χ3v) is 4.63. The molecule has 6 nitrogen and oxygen atoms in total.